The molecule has 3 rings (SSSR count). The molecule has 0 amide bonds. The minimum Gasteiger partial charge on any atom is -0.370 e. The van der Waals surface area contributed by atoms with Gasteiger partial charge in [-0.3, -0.25) is 9.89 Å². The summed E-state index contributed by atoms with van der Waals surface area (Å²) in [5.41, 5.74) is 8.42. The summed E-state index contributed by atoms with van der Waals surface area (Å²) in [4.78, 5) is 8.53. The minimum absolute atomic E-state index is 0. The average Bonchev–Trinajstić information content (AvgIpc) is 3.29. The summed E-state index contributed by atoms with van der Waals surface area (Å²) in [5.74, 6) is 0.490. The third kappa shape index (κ3) is 5.69. The van der Waals surface area contributed by atoms with Gasteiger partial charge in [0.05, 0.1) is 12.6 Å². The highest BCUT2D eigenvalue weighted by Gasteiger charge is 2.23. The molecule has 1 aliphatic heterocycles. The Kier molecular flexibility index (Phi) is 8.18. The molecule has 4 nitrogen and oxygen atoms in total. The molecule has 1 aliphatic rings. The number of benzene rings is 1. The Hall–Kier alpha value is -1.12. The molecule has 0 radical (unpaired) electrons. The average molecular weight is 470 g/mol. The van der Waals surface area contributed by atoms with Crippen molar-refractivity contribution in [2.24, 2.45) is 10.7 Å². The number of likely N-dealkylation sites (tertiary alicyclic amines) is 1. The molecule has 1 aromatic heterocycles. The molecule has 136 valence electrons. The second-order valence-corrected chi connectivity index (χ2v) is 7.16. The molecule has 0 aliphatic carbocycles. The number of nitrogens with one attached hydrogen (secondary N) is 1. The van der Waals surface area contributed by atoms with Crippen molar-refractivity contribution in [1.29, 1.82) is 0 Å². The highest BCUT2D eigenvalue weighted by atomic mass is 127. The zero-order valence-corrected chi connectivity index (χ0v) is 17.8. The Labute approximate surface area is 171 Å². The summed E-state index contributed by atoms with van der Waals surface area (Å²) >= 11 is 1.81. The van der Waals surface area contributed by atoms with Crippen molar-refractivity contribution in [3.05, 3.63) is 52.2 Å². The van der Waals surface area contributed by atoms with Gasteiger partial charge in [0.2, 0.25) is 0 Å². The van der Waals surface area contributed by atoms with Crippen LogP contribution in [-0.4, -0.2) is 30.5 Å². The fraction of sp³-hybridized carbons (Fsp3) is 0.421. The molecule has 2 aromatic rings. The lowest BCUT2D eigenvalue weighted by atomic mass is 10.1. The first-order chi connectivity index (χ1) is 11.8. The number of hydrogen-bond acceptors (Lipinski definition) is 3. The maximum atomic E-state index is 6.12. The Bertz CT molecular complexity index is 666. The normalized spacial score (nSPS) is 16.4. The van der Waals surface area contributed by atoms with E-state index in [9.17, 15) is 0 Å². The summed E-state index contributed by atoms with van der Waals surface area (Å²) in [6, 6.07) is 13.0. The molecule has 2 heterocycles. The van der Waals surface area contributed by atoms with Gasteiger partial charge in [-0.05, 0) is 61.5 Å². The van der Waals surface area contributed by atoms with Gasteiger partial charge >= 0.3 is 0 Å². The van der Waals surface area contributed by atoms with E-state index in [0.717, 1.165) is 25.2 Å². The molecule has 1 fully saturated rings. The van der Waals surface area contributed by atoms with Crippen molar-refractivity contribution < 1.29 is 0 Å². The van der Waals surface area contributed by atoms with Crippen molar-refractivity contribution in [2.45, 2.75) is 32.2 Å². The number of nitrogens with two attached hydrogens (primary N) is 1. The summed E-state index contributed by atoms with van der Waals surface area (Å²) in [6.45, 7) is 5.17. The molecule has 1 saturated heterocycles. The summed E-state index contributed by atoms with van der Waals surface area (Å²) in [7, 11) is 0. The first-order valence-corrected chi connectivity index (χ1v) is 9.57. The van der Waals surface area contributed by atoms with Crippen LogP contribution in [0.15, 0.2) is 46.8 Å². The number of halogens is 1. The maximum absolute atomic E-state index is 6.12. The van der Waals surface area contributed by atoms with Crippen LogP contribution in [0.3, 0.4) is 0 Å². The first-order valence-electron chi connectivity index (χ1n) is 8.69. The van der Waals surface area contributed by atoms with Gasteiger partial charge in [-0.2, -0.15) is 0 Å². The molecule has 1 atom stereocenters. The van der Waals surface area contributed by atoms with Crippen LogP contribution in [0.4, 0.5) is 5.69 Å². The van der Waals surface area contributed by atoms with Crippen molar-refractivity contribution in [3.63, 3.8) is 0 Å². The van der Waals surface area contributed by atoms with Crippen molar-refractivity contribution in [3.8, 4) is 0 Å². The molecule has 0 saturated carbocycles. The number of anilines is 1. The molecule has 1 aromatic carbocycles. The number of nitrogens with zero attached hydrogens (tertiary/aromatic N) is 2. The highest BCUT2D eigenvalue weighted by Crippen LogP contribution is 2.28. The van der Waals surface area contributed by atoms with E-state index < -0.39 is 0 Å². The van der Waals surface area contributed by atoms with Gasteiger partial charge in [0.1, 0.15) is 0 Å². The lowest BCUT2D eigenvalue weighted by Crippen LogP contribution is -2.29. The number of aliphatic imine (C=N–C) groups is 1. The molecule has 6 heteroatoms. The Balaban J connectivity index is 0.00000225. The monoisotopic (exact) mass is 470 g/mol. The van der Waals surface area contributed by atoms with Gasteiger partial charge in [-0.25, -0.2) is 0 Å². The summed E-state index contributed by atoms with van der Waals surface area (Å²) in [5, 5.41) is 5.36. The summed E-state index contributed by atoms with van der Waals surface area (Å²) < 4.78 is 0. The molecule has 0 spiro atoms. The van der Waals surface area contributed by atoms with Gasteiger partial charge in [0, 0.05) is 10.6 Å². The molecule has 1 unspecified atom stereocenters. The van der Waals surface area contributed by atoms with Gasteiger partial charge < -0.3 is 11.1 Å². The smallest absolute Gasteiger partial charge is 0.193 e. The molecule has 3 N–H and O–H groups in total. The molecule has 0 bridgehead atoms. The third-order valence-corrected chi connectivity index (χ3v) is 5.47. The van der Waals surface area contributed by atoms with Crippen LogP contribution < -0.4 is 11.1 Å². The lowest BCUT2D eigenvalue weighted by molar-refractivity contribution is 0.255. The second-order valence-electron chi connectivity index (χ2n) is 6.18. The third-order valence-electron chi connectivity index (χ3n) is 4.50. The summed E-state index contributed by atoms with van der Waals surface area (Å²) in [6.07, 6.45) is 3.58. The van der Waals surface area contributed by atoms with Crippen LogP contribution in [0.1, 0.15) is 36.2 Å². The number of guanidine groups is 1. The SMILES string of the molecule is CCc1cccc(NC(N)=NCC(c2cccs2)N2CCCC2)c1.I. The van der Waals surface area contributed by atoms with Gasteiger partial charge in [-0.1, -0.05) is 25.1 Å². The van der Waals surface area contributed by atoms with Crippen LogP contribution in [0.2, 0.25) is 0 Å². The predicted molar refractivity (Wildman–Crippen MR) is 119 cm³/mol. The first kappa shape index (κ1) is 20.2. The Morgan fingerprint density at radius 1 is 1.28 bits per heavy atom. The Morgan fingerprint density at radius 3 is 2.76 bits per heavy atom. The fourth-order valence-electron chi connectivity index (χ4n) is 3.16. The standard InChI is InChI=1S/C19H26N4S.HI/c1-2-15-7-5-8-16(13-15)22-19(20)21-14-17(18-9-6-12-24-18)23-10-3-4-11-23;/h5-9,12-13,17H,2-4,10-11,14H2,1H3,(H3,20,21,22);1H. The largest absolute Gasteiger partial charge is 0.370 e. The van der Waals surface area contributed by atoms with Gasteiger partial charge in [0.15, 0.2) is 5.96 Å². The predicted octanol–water partition coefficient (Wildman–Crippen LogP) is 4.49. The van der Waals surface area contributed by atoms with E-state index in [1.807, 2.05) is 12.1 Å². The van der Waals surface area contributed by atoms with Crippen LogP contribution in [-0.2, 0) is 6.42 Å². The van der Waals surface area contributed by atoms with Crippen LogP contribution in [0, 0.1) is 0 Å². The lowest BCUT2D eigenvalue weighted by Gasteiger charge is -2.25. The maximum Gasteiger partial charge on any atom is 0.193 e. The van der Waals surface area contributed by atoms with Crippen LogP contribution >= 0.6 is 35.3 Å². The Morgan fingerprint density at radius 2 is 2.08 bits per heavy atom. The van der Waals surface area contributed by atoms with E-state index in [0.29, 0.717) is 18.5 Å². The van der Waals surface area contributed by atoms with Crippen LogP contribution in [0.25, 0.3) is 0 Å². The number of aryl methyl sites for hydroxylation is 1. The van der Waals surface area contributed by atoms with E-state index in [1.54, 1.807) is 11.3 Å². The molecule has 25 heavy (non-hydrogen) atoms. The van der Waals surface area contributed by atoms with E-state index in [-0.39, 0.29) is 24.0 Å². The van der Waals surface area contributed by atoms with Gasteiger partial charge in [0.25, 0.3) is 0 Å². The topological polar surface area (TPSA) is 53.6 Å². The zero-order chi connectivity index (χ0) is 16.8. The number of rotatable bonds is 6. The molecular weight excluding hydrogens is 443 g/mol. The fourth-order valence-corrected chi connectivity index (χ4v) is 4.01. The van der Waals surface area contributed by atoms with Gasteiger partial charge in [-0.15, -0.1) is 35.3 Å². The second kappa shape index (κ2) is 10.1. The number of hydrogen-bond donors (Lipinski definition) is 2. The molecular formula is C19H27IN4S. The van der Waals surface area contributed by atoms with Crippen LogP contribution in [0.5, 0.6) is 0 Å². The van der Waals surface area contributed by atoms with Crippen molar-refractivity contribution in [2.75, 3.05) is 25.0 Å². The highest BCUT2D eigenvalue weighted by molar-refractivity contribution is 14.0. The minimum atomic E-state index is 0. The number of thiophene rings is 1. The van der Waals surface area contributed by atoms with Crippen molar-refractivity contribution in [1.82, 2.24) is 4.90 Å². The quantitative estimate of drug-likeness (QED) is 0.372. The van der Waals surface area contributed by atoms with E-state index in [2.05, 4.69) is 51.8 Å². The van der Waals surface area contributed by atoms with E-state index in [1.165, 1.54) is 23.3 Å². The van der Waals surface area contributed by atoms with E-state index >= 15 is 0 Å². The van der Waals surface area contributed by atoms with Crippen molar-refractivity contribution >= 4 is 47.0 Å². The zero-order valence-electron chi connectivity index (χ0n) is 14.6. The van der Waals surface area contributed by atoms with E-state index in [4.69, 9.17) is 5.73 Å².